The normalized spacial score (nSPS) is 31.7. The highest BCUT2D eigenvalue weighted by Gasteiger charge is 2.33. The van der Waals surface area contributed by atoms with Crippen LogP contribution in [0, 0.1) is 5.92 Å². The molecule has 1 aliphatic heterocycles. The molecule has 2 aliphatic rings. The summed E-state index contributed by atoms with van der Waals surface area (Å²) in [5.41, 5.74) is 0.0741. The van der Waals surface area contributed by atoms with Crippen LogP contribution in [0.1, 0.15) is 52.4 Å². The van der Waals surface area contributed by atoms with E-state index in [1.165, 1.54) is 51.6 Å². The van der Waals surface area contributed by atoms with E-state index in [-0.39, 0.29) is 5.60 Å². The lowest BCUT2D eigenvalue weighted by Crippen LogP contribution is -2.52. The highest BCUT2D eigenvalue weighted by molar-refractivity contribution is 4.89. The van der Waals surface area contributed by atoms with E-state index >= 15 is 0 Å². The Hall–Kier alpha value is -0.120. The molecule has 1 N–H and O–H groups in total. The minimum atomic E-state index is 0.0741. The second-order valence-electron chi connectivity index (χ2n) is 6.70. The Morgan fingerprint density at radius 3 is 2.68 bits per heavy atom. The zero-order valence-electron chi connectivity index (χ0n) is 13.1. The molecule has 2 atom stereocenters. The number of methoxy groups -OCH3 is 1. The molecule has 112 valence electrons. The van der Waals surface area contributed by atoms with Gasteiger partial charge in [-0.05, 0) is 51.6 Å². The van der Waals surface area contributed by atoms with Crippen molar-refractivity contribution in [3.8, 4) is 0 Å². The maximum Gasteiger partial charge on any atom is 0.0777 e. The van der Waals surface area contributed by atoms with E-state index in [0.717, 1.165) is 19.0 Å². The van der Waals surface area contributed by atoms with Crippen LogP contribution < -0.4 is 5.32 Å². The van der Waals surface area contributed by atoms with Crippen LogP contribution in [0.3, 0.4) is 0 Å². The molecule has 0 amide bonds. The molecule has 0 aromatic rings. The summed E-state index contributed by atoms with van der Waals surface area (Å²) in [4.78, 5) is 2.62. The first-order chi connectivity index (χ1) is 9.17. The van der Waals surface area contributed by atoms with Crippen molar-refractivity contribution in [3.05, 3.63) is 0 Å². The SMILES string of the molecule is CCNC(CN1CCCC(C)(OC)C1)C1CCCC1. The van der Waals surface area contributed by atoms with Gasteiger partial charge in [-0.3, -0.25) is 4.90 Å². The van der Waals surface area contributed by atoms with E-state index in [4.69, 9.17) is 4.74 Å². The first-order valence-electron chi connectivity index (χ1n) is 8.18. The molecule has 1 saturated carbocycles. The molecule has 2 fully saturated rings. The van der Waals surface area contributed by atoms with Crippen molar-refractivity contribution in [2.45, 2.75) is 64.0 Å². The summed E-state index contributed by atoms with van der Waals surface area (Å²) >= 11 is 0. The van der Waals surface area contributed by atoms with Gasteiger partial charge >= 0.3 is 0 Å². The number of rotatable bonds is 6. The molecule has 2 unspecified atom stereocenters. The van der Waals surface area contributed by atoms with Gasteiger partial charge in [-0.1, -0.05) is 19.8 Å². The Bertz CT molecular complexity index is 265. The van der Waals surface area contributed by atoms with E-state index in [1.54, 1.807) is 0 Å². The highest BCUT2D eigenvalue weighted by atomic mass is 16.5. The fourth-order valence-electron chi connectivity index (χ4n) is 3.91. The van der Waals surface area contributed by atoms with E-state index in [1.807, 2.05) is 7.11 Å². The van der Waals surface area contributed by atoms with Crippen LogP contribution in [0.15, 0.2) is 0 Å². The molecule has 0 spiro atoms. The molecule has 3 heteroatoms. The first kappa shape index (κ1) is 15.3. The average molecular weight is 268 g/mol. The van der Waals surface area contributed by atoms with Gasteiger partial charge in [0.2, 0.25) is 0 Å². The van der Waals surface area contributed by atoms with Gasteiger partial charge in [0.25, 0.3) is 0 Å². The monoisotopic (exact) mass is 268 g/mol. The van der Waals surface area contributed by atoms with Crippen LogP contribution >= 0.6 is 0 Å². The number of likely N-dealkylation sites (N-methyl/N-ethyl adjacent to an activating group) is 1. The van der Waals surface area contributed by atoms with Crippen LogP contribution in [0.2, 0.25) is 0 Å². The Morgan fingerprint density at radius 1 is 1.32 bits per heavy atom. The summed E-state index contributed by atoms with van der Waals surface area (Å²) in [6.45, 7) is 9.13. The number of likely N-dealkylation sites (tertiary alicyclic amines) is 1. The van der Waals surface area contributed by atoms with Crippen LogP contribution in [-0.4, -0.2) is 49.8 Å². The standard InChI is InChI=1S/C16H32N2O/c1-4-17-15(14-8-5-6-9-14)12-18-11-7-10-16(2,13-18)19-3/h14-15,17H,4-13H2,1-3H3. The average Bonchev–Trinajstić information content (AvgIpc) is 2.92. The molecule has 0 aromatic carbocycles. The lowest BCUT2D eigenvalue weighted by Gasteiger charge is -2.41. The summed E-state index contributed by atoms with van der Waals surface area (Å²) in [6, 6.07) is 0.687. The van der Waals surface area contributed by atoms with Crippen molar-refractivity contribution in [2.75, 3.05) is 33.3 Å². The molecular weight excluding hydrogens is 236 g/mol. The van der Waals surface area contributed by atoms with Gasteiger partial charge in [0.15, 0.2) is 0 Å². The zero-order chi connectivity index (χ0) is 13.7. The smallest absolute Gasteiger partial charge is 0.0777 e. The van der Waals surface area contributed by atoms with Gasteiger partial charge < -0.3 is 10.1 Å². The molecule has 0 radical (unpaired) electrons. The number of piperidine rings is 1. The maximum atomic E-state index is 5.71. The minimum absolute atomic E-state index is 0.0741. The second-order valence-corrected chi connectivity index (χ2v) is 6.70. The van der Waals surface area contributed by atoms with E-state index in [2.05, 4.69) is 24.1 Å². The molecule has 0 aromatic heterocycles. The summed E-state index contributed by atoms with van der Waals surface area (Å²) < 4.78 is 5.71. The van der Waals surface area contributed by atoms with Crippen molar-refractivity contribution in [3.63, 3.8) is 0 Å². The lowest BCUT2D eigenvalue weighted by molar-refractivity contribution is -0.0534. The summed E-state index contributed by atoms with van der Waals surface area (Å²) in [5, 5.41) is 3.73. The van der Waals surface area contributed by atoms with Crippen molar-refractivity contribution < 1.29 is 4.74 Å². The van der Waals surface area contributed by atoms with Crippen molar-refractivity contribution in [1.82, 2.24) is 10.2 Å². The number of ether oxygens (including phenoxy) is 1. The minimum Gasteiger partial charge on any atom is -0.377 e. The van der Waals surface area contributed by atoms with Gasteiger partial charge in [0.05, 0.1) is 5.60 Å². The topological polar surface area (TPSA) is 24.5 Å². The fraction of sp³-hybridized carbons (Fsp3) is 1.00. The zero-order valence-corrected chi connectivity index (χ0v) is 13.1. The number of nitrogens with zero attached hydrogens (tertiary/aromatic N) is 1. The molecule has 1 saturated heterocycles. The van der Waals surface area contributed by atoms with E-state index in [0.29, 0.717) is 6.04 Å². The summed E-state index contributed by atoms with van der Waals surface area (Å²) in [6.07, 6.45) is 8.19. The molecule has 19 heavy (non-hydrogen) atoms. The largest absolute Gasteiger partial charge is 0.377 e. The predicted molar refractivity (Wildman–Crippen MR) is 80.5 cm³/mol. The van der Waals surface area contributed by atoms with Crippen LogP contribution in [0.5, 0.6) is 0 Å². The van der Waals surface area contributed by atoms with Crippen LogP contribution in [0.4, 0.5) is 0 Å². The van der Waals surface area contributed by atoms with E-state index < -0.39 is 0 Å². The highest BCUT2D eigenvalue weighted by Crippen LogP contribution is 2.30. The van der Waals surface area contributed by atoms with Crippen molar-refractivity contribution in [2.24, 2.45) is 5.92 Å². The Kier molecular flexibility index (Phi) is 5.67. The number of nitrogens with one attached hydrogen (secondary N) is 1. The molecule has 1 heterocycles. The maximum absolute atomic E-state index is 5.71. The molecule has 0 bridgehead atoms. The third kappa shape index (κ3) is 4.17. The fourth-order valence-corrected chi connectivity index (χ4v) is 3.91. The Labute approximate surface area is 119 Å². The quantitative estimate of drug-likeness (QED) is 0.801. The van der Waals surface area contributed by atoms with Crippen LogP contribution in [0.25, 0.3) is 0 Å². The molecule has 3 nitrogen and oxygen atoms in total. The van der Waals surface area contributed by atoms with Crippen molar-refractivity contribution >= 4 is 0 Å². The van der Waals surface area contributed by atoms with Gasteiger partial charge in [-0.2, -0.15) is 0 Å². The Balaban J connectivity index is 1.89. The molecule has 2 rings (SSSR count). The third-order valence-electron chi connectivity index (χ3n) is 5.12. The lowest BCUT2D eigenvalue weighted by atomic mass is 9.92. The van der Waals surface area contributed by atoms with Gasteiger partial charge in [-0.15, -0.1) is 0 Å². The summed E-state index contributed by atoms with van der Waals surface area (Å²) in [5.74, 6) is 0.899. The molecular formula is C16H32N2O. The molecule has 1 aliphatic carbocycles. The van der Waals surface area contributed by atoms with Gasteiger partial charge in [0, 0.05) is 26.2 Å². The predicted octanol–water partition coefficient (Wildman–Crippen LogP) is 2.66. The van der Waals surface area contributed by atoms with Crippen molar-refractivity contribution in [1.29, 1.82) is 0 Å². The van der Waals surface area contributed by atoms with Crippen LogP contribution in [-0.2, 0) is 4.74 Å². The summed E-state index contributed by atoms with van der Waals surface area (Å²) in [7, 11) is 1.86. The van der Waals surface area contributed by atoms with E-state index in [9.17, 15) is 0 Å². The number of hydrogen-bond acceptors (Lipinski definition) is 3. The van der Waals surface area contributed by atoms with Gasteiger partial charge in [-0.25, -0.2) is 0 Å². The Morgan fingerprint density at radius 2 is 2.05 bits per heavy atom. The first-order valence-corrected chi connectivity index (χ1v) is 8.18. The number of hydrogen-bond donors (Lipinski definition) is 1. The van der Waals surface area contributed by atoms with Gasteiger partial charge in [0.1, 0.15) is 0 Å². The third-order valence-corrected chi connectivity index (χ3v) is 5.12. The second kappa shape index (κ2) is 7.05.